The summed E-state index contributed by atoms with van der Waals surface area (Å²) >= 11 is 0. The average molecular weight is 378 g/mol. The Balaban J connectivity index is 1.76. The molecule has 2 heterocycles. The van der Waals surface area contributed by atoms with E-state index in [-0.39, 0.29) is 23.1 Å². The van der Waals surface area contributed by atoms with Crippen molar-refractivity contribution < 1.29 is 22.7 Å². The summed E-state index contributed by atoms with van der Waals surface area (Å²) in [5.41, 5.74) is 1.85. The topological polar surface area (TPSA) is 99.9 Å². The second kappa shape index (κ2) is 7.61. The van der Waals surface area contributed by atoms with E-state index in [0.717, 1.165) is 11.1 Å². The monoisotopic (exact) mass is 378 g/mol. The molecule has 3 rings (SSSR count). The van der Waals surface area contributed by atoms with Gasteiger partial charge in [0.05, 0.1) is 17.3 Å². The molecule has 1 aliphatic rings. The van der Waals surface area contributed by atoms with Gasteiger partial charge in [-0.3, -0.25) is 4.79 Å². The highest BCUT2D eigenvalue weighted by atomic mass is 32.2. The van der Waals surface area contributed by atoms with Gasteiger partial charge < -0.3 is 14.4 Å². The predicted molar refractivity (Wildman–Crippen MR) is 95.1 cm³/mol. The molecule has 0 saturated heterocycles. The molecule has 2 N–H and O–H groups in total. The van der Waals surface area contributed by atoms with Gasteiger partial charge in [0.1, 0.15) is 0 Å². The molecule has 0 saturated carbocycles. The van der Waals surface area contributed by atoms with Crippen LogP contribution in [-0.4, -0.2) is 43.5 Å². The summed E-state index contributed by atoms with van der Waals surface area (Å²) in [6.07, 6.45) is 1.89. The van der Waals surface area contributed by atoms with Crippen molar-refractivity contribution in [3.05, 3.63) is 53.5 Å². The van der Waals surface area contributed by atoms with E-state index in [1.54, 1.807) is 42.2 Å². The Morgan fingerprint density at radius 3 is 2.85 bits per heavy atom. The maximum Gasteiger partial charge on any atom is 0.289 e. The van der Waals surface area contributed by atoms with Crippen LogP contribution in [0.5, 0.6) is 0 Å². The minimum atomic E-state index is -3.65. The molecular formula is C18H22N2O5S. The lowest BCUT2D eigenvalue weighted by Gasteiger charge is -2.28. The minimum Gasteiger partial charge on any atom is -0.459 e. The molecular weight excluding hydrogens is 356 g/mol. The number of carbonyl (C=O) groups is 1. The van der Waals surface area contributed by atoms with Crippen LogP contribution in [0.1, 0.15) is 35.0 Å². The molecule has 1 aromatic heterocycles. The smallest absolute Gasteiger partial charge is 0.289 e. The molecule has 1 aliphatic heterocycles. The first-order valence-electron chi connectivity index (χ1n) is 8.49. The third kappa shape index (κ3) is 4.14. The van der Waals surface area contributed by atoms with Crippen LogP contribution in [0.3, 0.4) is 0 Å². The van der Waals surface area contributed by atoms with Gasteiger partial charge in [0, 0.05) is 19.6 Å². The van der Waals surface area contributed by atoms with Gasteiger partial charge in [0.2, 0.25) is 10.0 Å². The molecule has 8 heteroatoms. The van der Waals surface area contributed by atoms with E-state index >= 15 is 0 Å². The Morgan fingerprint density at radius 2 is 2.15 bits per heavy atom. The second-order valence-corrected chi connectivity index (χ2v) is 8.19. The minimum absolute atomic E-state index is 0.161. The third-order valence-corrected chi connectivity index (χ3v) is 5.83. The van der Waals surface area contributed by atoms with E-state index in [1.807, 2.05) is 0 Å². The zero-order chi connectivity index (χ0) is 18.7. The number of hydrogen-bond donors (Lipinski definition) is 2. The number of nitrogens with one attached hydrogen (secondary N) is 1. The summed E-state index contributed by atoms with van der Waals surface area (Å²) in [4.78, 5) is 14.2. The van der Waals surface area contributed by atoms with Gasteiger partial charge in [-0.05, 0) is 55.2 Å². The summed E-state index contributed by atoms with van der Waals surface area (Å²) < 4.78 is 32.5. The quantitative estimate of drug-likeness (QED) is 0.794. The van der Waals surface area contributed by atoms with Gasteiger partial charge in [-0.2, -0.15) is 0 Å². The first-order chi connectivity index (χ1) is 12.4. The summed E-state index contributed by atoms with van der Waals surface area (Å²) in [7, 11) is -3.65. The van der Waals surface area contributed by atoms with Crippen molar-refractivity contribution in [1.29, 1.82) is 0 Å². The van der Waals surface area contributed by atoms with E-state index in [9.17, 15) is 18.3 Å². The lowest BCUT2D eigenvalue weighted by atomic mass is 10.00. The van der Waals surface area contributed by atoms with Gasteiger partial charge in [0.15, 0.2) is 5.76 Å². The summed E-state index contributed by atoms with van der Waals surface area (Å²) in [6, 6.07) is 8.27. The average Bonchev–Trinajstić information content (AvgIpc) is 3.14. The Hall–Kier alpha value is -2.16. The van der Waals surface area contributed by atoms with Crippen molar-refractivity contribution >= 4 is 15.9 Å². The highest BCUT2D eigenvalue weighted by Gasteiger charge is 2.25. The molecule has 140 valence electrons. The summed E-state index contributed by atoms with van der Waals surface area (Å²) in [5.74, 6) is 0.0704. The van der Waals surface area contributed by atoms with Crippen LogP contribution in [-0.2, 0) is 23.0 Å². The Labute approximate surface area is 152 Å². The SMILES string of the molecule is C[C@@H](O)CCNS(=O)(=O)c1ccc2c(c1)CN(C(=O)c1ccco1)CC2. The largest absolute Gasteiger partial charge is 0.459 e. The molecule has 0 spiro atoms. The normalized spacial score (nSPS) is 15.5. The van der Waals surface area contributed by atoms with Crippen molar-refractivity contribution in [2.45, 2.75) is 37.3 Å². The second-order valence-electron chi connectivity index (χ2n) is 6.42. The van der Waals surface area contributed by atoms with Crippen LogP contribution < -0.4 is 4.72 Å². The number of hydrogen-bond acceptors (Lipinski definition) is 5. The summed E-state index contributed by atoms with van der Waals surface area (Å²) in [5, 5.41) is 9.26. The maximum absolute atomic E-state index is 12.4. The van der Waals surface area contributed by atoms with Crippen LogP contribution in [0.4, 0.5) is 0 Å². The fourth-order valence-corrected chi connectivity index (χ4v) is 4.01. The number of aliphatic hydroxyl groups excluding tert-OH is 1. The Morgan fingerprint density at radius 1 is 1.35 bits per heavy atom. The van der Waals surface area contributed by atoms with E-state index in [1.165, 1.54) is 6.26 Å². The van der Waals surface area contributed by atoms with Gasteiger partial charge in [-0.25, -0.2) is 13.1 Å². The predicted octanol–water partition coefficient (Wildman–Crippen LogP) is 1.53. The molecule has 0 aliphatic carbocycles. The highest BCUT2D eigenvalue weighted by Crippen LogP contribution is 2.24. The maximum atomic E-state index is 12.4. The highest BCUT2D eigenvalue weighted by molar-refractivity contribution is 7.89. The number of benzene rings is 1. The number of amides is 1. The number of aliphatic hydroxyl groups is 1. The zero-order valence-electron chi connectivity index (χ0n) is 14.5. The van der Waals surface area contributed by atoms with Crippen LogP contribution in [0.2, 0.25) is 0 Å². The van der Waals surface area contributed by atoms with E-state index in [4.69, 9.17) is 4.42 Å². The van der Waals surface area contributed by atoms with Crippen LogP contribution >= 0.6 is 0 Å². The van der Waals surface area contributed by atoms with Gasteiger partial charge in [0.25, 0.3) is 5.91 Å². The van der Waals surface area contributed by atoms with Crippen molar-refractivity contribution in [3.8, 4) is 0 Å². The van der Waals surface area contributed by atoms with Crippen molar-refractivity contribution in [3.63, 3.8) is 0 Å². The van der Waals surface area contributed by atoms with E-state index in [2.05, 4.69) is 4.72 Å². The molecule has 26 heavy (non-hydrogen) atoms. The Kier molecular flexibility index (Phi) is 5.45. The van der Waals surface area contributed by atoms with Crippen molar-refractivity contribution in [2.24, 2.45) is 0 Å². The molecule has 0 radical (unpaired) electrons. The first-order valence-corrected chi connectivity index (χ1v) is 9.97. The number of rotatable bonds is 6. The molecule has 0 bridgehead atoms. The van der Waals surface area contributed by atoms with Crippen molar-refractivity contribution in [2.75, 3.05) is 13.1 Å². The third-order valence-electron chi connectivity index (χ3n) is 4.37. The molecule has 2 aromatic rings. The van der Waals surface area contributed by atoms with Crippen LogP contribution in [0.25, 0.3) is 0 Å². The lowest BCUT2D eigenvalue weighted by molar-refractivity contribution is 0.0702. The fraction of sp³-hybridized carbons (Fsp3) is 0.389. The van der Waals surface area contributed by atoms with Gasteiger partial charge in [-0.1, -0.05) is 6.07 Å². The van der Waals surface area contributed by atoms with Crippen LogP contribution in [0, 0.1) is 0 Å². The number of nitrogens with zero attached hydrogens (tertiary/aromatic N) is 1. The van der Waals surface area contributed by atoms with E-state index < -0.39 is 16.1 Å². The van der Waals surface area contributed by atoms with Crippen LogP contribution in [0.15, 0.2) is 45.9 Å². The number of sulfonamides is 1. The molecule has 1 aromatic carbocycles. The lowest BCUT2D eigenvalue weighted by Crippen LogP contribution is -2.36. The van der Waals surface area contributed by atoms with Gasteiger partial charge >= 0.3 is 0 Å². The Bertz CT molecular complexity index is 875. The fourth-order valence-electron chi connectivity index (χ4n) is 2.92. The van der Waals surface area contributed by atoms with E-state index in [0.29, 0.717) is 25.9 Å². The molecule has 1 amide bonds. The van der Waals surface area contributed by atoms with Crippen molar-refractivity contribution in [1.82, 2.24) is 9.62 Å². The molecule has 7 nitrogen and oxygen atoms in total. The van der Waals surface area contributed by atoms with Gasteiger partial charge in [-0.15, -0.1) is 0 Å². The standard InChI is InChI=1S/C18H22N2O5S/c1-13(21)6-8-19-26(23,24)16-5-4-14-7-9-20(12-15(14)11-16)18(22)17-3-2-10-25-17/h2-5,10-11,13,19,21H,6-9,12H2,1H3/t13-/m1/s1. The molecule has 0 unspecified atom stereocenters. The number of fused-ring (bicyclic) bond motifs is 1. The summed E-state index contributed by atoms with van der Waals surface area (Å²) in [6.45, 7) is 2.68. The number of carbonyl (C=O) groups excluding carboxylic acids is 1. The molecule has 0 fully saturated rings. The molecule has 1 atom stereocenters. The number of furan rings is 1. The first kappa shape index (κ1) is 18.6. The zero-order valence-corrected chi connectivity index (χ0v) is 15.3.